The molecule has 0 aliphatic rings. The zero-order chi connectivity index (χ0) is 11.7. The van der Waals surface area contributed by atoms with Gasteiger partial charge in [0.1, 0.15) is 10.8 Å². The predicted octanol–water partition coefficient (Wildman–Crippen LogP) is 2.96. The van der Waals surface area contributed by atoms with Crippen molar-refractivity contribution in [3.8, 4) is 5.75 Å². The number of hydrogen-bond donors (Lipinski definition) is 1. The van der Waals surface area contributed by atoms with Crippen LogP contribution in [-0.4, -0.2) is 12.1 Å². The lowest BCUT2D eigenvalue weighted by Crippen LogP contribution is -2.16. The molecule has 16 heavy (non-hydrogen) atoms. The van der Waals surface area contributed by atoms with E-state index in [9.17, 15) is 0 Å². The van der Waals surface area contributed by atoms with Crippen LogP contribution in [0.1, 0.15) is 24.9 Å². The van der Waals surface area contributed by atoms with Gasteiger partial charge in [0.05, 0.1) is 23.4 Å². The number of nitrogens with zero attached hydrogens (tertiary/aromatic N) is 1. The number of ether oxygens (including phenoxy) is 1. The van der Waals surface area contributed by atoms with Crippen molar-refractivity contribution < 1.29 is 4.74 Å². The number of aromatic nitrogens is 1. The minimum atomic E-state index is 0.0170. The Kier molecular flexibility index (Phi) is 3.12. The Morgan fingerprint density at radius 1 is 1.38 bits per heavy atom. The Hall–Kier alpha value is -1.13. The fourth-order valence-electron chi connectivity index (χ4n) is 1.48. The molecule has 4 heteroatoms. The average Bonchev–Trinajstić information content (AvgIpc) is 2.69. The first-order valence-corrected chi connectivity index (χ1v) is 6.13. The third-order valence-corrected chi connectivity index (χ3v) is 3.75. The van der Waals surface area contributed by atoms with Gasteiger partial charge in [-0.1, -0.05) is 13.8 Å². The van der Waals surface area contributed by atoms with Crippen molar-refractivity contribution in [2.75, 3.05) is 7.11 Å². The molecule has 0 bridgehead atoms. The van der Waals surface area contributed by atoms with Crippen LogP contribution in [0.25, 0.3) is 10.2 Å². The summed E-state index contributed by atoms with van der Waals surface area (Å²) in [6, 6.07) is 5.94. The quantitative estimate of drug-likeness (QED) is 0.891. The lowest BCUT2D eigenvalue weighted by molar-refractivity contribution is 0.415. The van der Waals surface area contributed by atoms with Gasteiger partial charge in [-0.05, 0) is 18.1 Å². The van der Waals surface area contributed by atoms with Crippen LogP contribution in [-0.2, 0) is 0 Å². The number of benzene rings is 1. The summed E-state index contributed by atoms with van der Waals surface area (Å²) < 4.78 is 6.33. The minimum Gasteiger partial charge on any atom is -0.497 e. The molecular weight excluding hydrogens is 220 g/mol. The number of fused-ring (bicyclic) bond motifs is 1. The number of hydrogen-bond acceptors (Lipinski definition) is 4. The van der Waals surface area contributed by atoms with Crippen molar-refractivity contribution in [1.29, 1.82) is 0 Å². The molecule has 86 valence electrons. The summed E-state index contributed by atoms with van der Waals surface area (Å²) in [5.41, 5.74) is 7.06. The molecule has 0 fully saturated rings. The maximum Gasteiger partial charge on any atom is 0.121 e. The molecule has 0 saturated heterocycles. The lowest BCUT2D eigenvalue weighted by Gasteiger charge is -2.11. The topological polar surface area (TPSA) is 48.1 Å². The van der Waals surface area contributed by atoms with Crippen molar-refractivity contribution in [2.45, 2.75) is 19.9 Å². The molecule has 2 aromatic rings. The van der Waals surface area contributed by atoms with E-state index in [0.29, 0.717) is 5.92 Å². The van der Waals surface area contributed by atoms with Crippen molar-refractivity contribution in [1.82, 2.24) is 4.98 Å². The second-order valence-corrected chi connectivity index (χ2v) is 5.22. The maximum absolute atomic E-state index is 6.09. The Labute approximate surface area is 99.3 Å². The van der Waals surface area contributed by atoms with Crippen LogP contribution in [0.15, 0.2) is 18.2 Å². The van der Waals surface area contributed by atoms with Gasteiger partial charge in [-0.2, -0.15) is 0 Å². The number of rotatable bonds is 3. The molecule has 3 nitrogen and oxygen atoms in total. The van der Waals surface area contributed by atoms with Crippen LogP contribution >= 0.6 is 11.3 Å². The van der Waals surface area contributed by atoms with Gasteiger partial charge in [0.15, 0.2) is 0 Å². The first kappa shape index (κ1) is 11.4. The monoisotopic (exact) mass is 236 g/mol. The van der Waals surface area contributed by atoms with Crippen LogP contribution < -0.4 is 10.5 Å². The molecule has 0 saturated carbocycles. The van der Waals surface area contributed by atoms with Gasteiger partial charge in [0.2, 0.25) is 0 Å². The lowest BCUT2D eigenvalue weighted by atomic mass is 10.1. The summed E-state index contributed by atoms with van der Waals surface area (Å²) in [6.45, 7) is 4.22. The Bertz CT molecular complexity index is 493. The average molecular weight is 236 g/mol. The molecule has 0 aliphatic carbocycles. The highest BCUT2D eigenvalue weighted by Crippen LogP contribution is 2.30. The van der Waals surface area contributed by atoms with Crippen LogP contribution in [0.2, 0.25) is 0 Å². The molecule has 1 aromatic heterocycles. The zero-order valence-electron chi connectivity index (χ0n) is 9.73. The molecule has 1 atom stereocenters. The first-order valence-electron chi connectivity index (χ1n) is 5.32. The maximum atomic E-state index is 6.09. The molecule has 0 unspecified atom stereocenters. The van der Waals surface area contributed by atoms with E-state index in [1.165, 1.54) is 0 Å². The number of nitrogens with two attached hydrogens (primary N) is 1. The fourth-order valence-corrected chi connectivity index (χ4v) is 2.60. The van der Waals surface area contributed by atoms with E-state index >= 15 is 0 Å². The first-order chi connectivity index (χ1) is 7.61. The van der Waals surface area contributed by atoms with E-state index in [1.807, 2.05) is 18.2 Å². The summed E-state index contributed by atoms with van der Waals surface area (Å²) in [7, 11) is 1.66. The minimum absolute atomic E-state index is 0.0170. The van der Waals surface area contributed by atoms with Gasteiger partial charge in [-0.25, -0.2) is 4.98 Å². The second kappa shape index (κ2) is 4.39. The van der Waals surface area contributed by atoms with Gasteiger partial charge < -0.3 is 10.5 Å². The molecule has 1 heterocycles. The smallest absolute Gasteiger partial charge is 0.121 e. The molecule has 0 spiro atoms. The predicted molar refractivity (Wildman–Crippen MR) is 67.9 cm³/mol. The fraction of sp³-hybridized carbons (Fsp3) is 0.417. The molecule has 1 aromatic carbocycles. The summed E-state index contributed by atoms with van der Waals surface area (Å²) in [6.07, 6.45) is 0. The standard InChI is InChI=1S/C12H16N2OS/c1-7(2)11(13)12-14-9-6-8(15-3)4-5-10(9)16-12/h4-7,11H,13H2,1-3H3/t11-/m0/s1. The number of thiazole rings is 1. The molecular formula is C12H16N2OS. The van der Waals surface area contributed by atoms with Crippen LogP contribution in [0.3, 0.4) is 0 Å². The Balaban J connectivity index is 2.43. The number of methoxy groups -OCH3 is 1. The normalized spacial score (nSPS) is 13.3. The van der Waals surface area contributed by atoms with E-state index < -0.39 is 0 Å². The molecule has 2 N–H and O–H groups in total. The third kappa shape index (κ3) is 2.03. The van der Waals surface area contributed by atoms with Crippen molar-refractivity contribution in [3.05, 3.63) is 23.2 Å². The van der Waals surface area contributed by atoms with Crippen LogP contribution in [0, 0.1) is 5.92 Å². The van der Waals surface area contributed by atoms with Crippen molar-refractivity contribution in [3.63, 3.8) is 0 Å². The van der Waals surface area contributed by atoms with E-state index in [1.54, 1.807) is 18.4 Å². The van der Waals surface area contributed by atoms with Gasteiger partial charge in [0.25, 0.3) is 0 Å². The summed E-state index contributed by atoms with van der Waals surface area (Å²) >= 11 is 1.66. The molecule has 0 amide bonds. The third-order valence-electron chi connectivity index (χ3n) is 2.61. The van der Waals surface area contributed by atoms with Gasteiger partial charge in [0, 0.05) is 6.07 Å². The zero-order valence-corrected chi connectivity index (χ0v) is 10.5. The van der Waals surface area contributed by atoms with E-state index in [2.05, 4.69) is 18.8 Å². The highest BCUT2D eigenvalue weighted by Gasteiger charge is 2.15. The molecule has 2 rings (SSSR count). The van der Waals surface area contributed by atoms with Gasteiger partial charge >= 0.3 is 0 Å². The van der Waals surface area contributed by atoms with E-state index in [-0.39, 0.29) is 6.04 Å². The summed E-state index contributed by atoms with van der Waals surface area (Å²) in [4.78, 5) is 4.56. The largest absolute Gasteiger partial charge is 0.497 e. The van der Waals surface area contributed by atoms with Crippen molar-refractivity contribution in [2.24, 2.45) is 11.7 Å². The SMILES string of the molecule is COc1ccc2sc([C@@H](N)C(C)C)nc2c1. The van der Waals surface area contributed by atoms with Gasteiger partial charge in [-0.3, -0.25) is 0 Å². The Morgan fingerprint density at radius 3 is 2.75 bits per heavy atom. The highest BCUT2D eigenvalue weighted by molar-refractivity contribution is 7.18. The molecule has 0 radical (unpaired) electrons. The van der Waals surface area contributed by atoms with Crippen molar-refractivity contribution >= 4 is 21.6 Å². The Morgan fingerprint density at radius 2 is 2.12 bits per heavy atom. The second-order valence-electron chi connectivity index (χ2n) is 4.16. The van der Waals surface area contributed by atoms with Gasteiger partial charge in [-0.15, -0.1) is 11.3 Å². The van der Waals surface area contributed by atoms with Crippen LogP contribution in [0.4, 0.5) is 0 Å². The summed E-state index contributed by atoms with van der Waals surface area (Å²) in [5.74, 6) is 1.24. The van der Waals surface area contributed by atoms with E-state index in [0.717, 1.165) is 21.0 Å². The van der Waals surface area contributed by atoms with E-state index in [4.69, 9.17) is 10.5 Å². The van der Waals surface area contributed by atoms with Crippen LogP contribution in [0.5, 0.6) is 5.75 Å². The summed E-state index contributed by atoms with van der Waals surface area (Å²) in [5, 5.41) is 0.998. The highest BCUT2D eigenvalue weighted by atomic mass is 32.1. The molecule has 0 aliphatic heterocycles.